The largest absolute Gasteiger partial charge is 0.420 e. The van der Waals surface area contributed by atoms with Crippen molar-refractivity contribution >= 4 is 17.0 Å². The first kappa shape index (κ1) is 13.4. The molecule has 102 valence electrons. The Bertz CT molecular complexity index is 629. The fourth-order valence-electron chi connectivity index (χ4n) is 1.98. The van der Waals surface area contributed by atoms with E-state index in [0.717, 1.165) is 0 Å². The normalized spacial score (nSPS) is 10.8. The highest BCUT2D eigenvalue weighted by Gasteiger charge is 2.16. The Morgan fingerprint density at radius 1 is 1.42 bits per heavy atom. The number of likely N-dealkylation sites (N-methyl/N-ethyl adjacent to an activating group) is 1. The summed E-state index contributed by atoms with van der Waals surface area (Å²) in [6.07, 6.45) is 0. The molecule has 0 aliphatic heterocycles. The summed E-state index contributed by atoms with van der Waals surface area (Å²) in [4.78, 5) is 25.3. The number of carbonyl (C=O) groups is 1. The summed E-state index contributed by atoms with van der Waals surface area (Å²) in [6, 6.07) is 6.96. The number of amides is 1. The second kappa shape index (κ2) is 5.71. The van der Waals surface area contributed by atoms with Gasteiger partial charge in [-0.1, -0.05) is 12.1 Å². The van der Waals surface area contributed by atoms with Crippen LogP contribution < -0.4 is 5.76 Å². The number of rotatable bonds is 5. The van der Waals surface area contributed by atoms with Crippen molar-refractivity contribution in [1.29, 1.82) is 0 Å². The molecule has 6 nitrogen and oxygen atoms in total. The van der Waals surface area contributed by atoms with E-state index < -0.39 is 5.76 Å². The number of benzene rings is 1. The smallest absolute Gasteiger partial charge is 0.408 e. The fourth-order valence-corrected chi connectivity index (χ4v) is 1.98. The molecule has 6 heteroatoms. The van der Waals surface area contributed by atoms with Crippen LogP contribution in [0.2, 0.25) is 0 Å². The lowest BCUT2D eigenvalue weighted by molar-refractivity contribution is -0.132. The molecule has 0 bridgehead atoms. The molecule has 1 amide bonds. The molecule has 0 fully saturated rings. The molecule has 0 spiro atoms. The first-order chi connectivity index (χ1) is 9.17. The van der Waals surface area contributed by atoms with Crippen LogP contribution in [0.3, 0.4) is 0 Å². The van der Waals surface area contributed by atoms with Gasteiger partial charge in [-0.05, 0) is 19.1 Å². The minimum Gasteiger partial charge on any atom is -0.408 e. The average Bonchev–Trinajstić information content (AvgIpc) is 2.72. The molecule has 0 atom stereocenters. The number of aromatic nitrogens is 1. The van der Waals surface area contributed by atoms with Crippen molar-refractivity contribution in [3.8, 4) is 0 Å². The van der Waals surface area contributed by atoms with Crippen molar-refractivity contribution < 1.29 is 14.3 Å². The third-order valence-corrected chi connectivity index (χ3v) is 2.97. The van der Waals surface area contributed by atoms with Crippen molar-refractivity contribution in [2.45, 2.75) is 13.5 Å². The highest BCUT2D eigenvalue weighted by atomic mass is 16.4. The minimum atomic E-state index is -0.547. The zero-order valence-corrected chi connectivity index (χ0v) is 10.7. The zero-order chi connectivity index (χ0) is 13.8. The Kier molecular flexibility index (Phi) is 4.01. The lowest BCUT2D eigenvalue weighted by Crippen LogP contribution is -2.37. The number of nitrogens with zero attached hydrogens (tertiary/aromatic N) is 2. The molecule has 0 saturated carbocycles. The maximum atomic E-state index is 12.0. The van der Waals surface area contributed by atoms with Crippen molar-refractivity contribution in [2.75, 3.05) is 19.7 Å². The van der Waals surface area contributed by atoms with Crippen LogP contribution in [-0.4, -0.2) is 40.2 Å². The quantitative estimate of drug-likeness (QED) is 0.850. The number of aliphatic hydroxyl groups is 1. The third-order valence-electron chi connectivity index (χ3n) is 2.97. The summed E-state index contributed by atoms with van der Waals surface area (Å²) in [5, 5.41) is 8.89. The molecule has 1 N–H and O–H groups in total. The van der Waals surface area contributed by atoms with Gasteiger partial charge in [0, 0.05) is 13.1 Å². The number of hydrogen-bond acceptors (Lipinski definition) is 4. The van der Waals surface area contributed by atoms with Gasteiger partial charge in [0.2, 0.25) is 5.91 Å². The monoisotopic (exact) mass is 264 g/mol. The molecular weight excluding hydrogens is 248 g/mol. The van der Waals surface area contributed by atoms with E-state index in [1.165, 1.54) is 9.47 Å². The summed E-state index contributed by atoms with van der Waals surface area (Å²) >= 11 is 0. The number of fused-ring (bicyclic) bond motifs is 1. The molecular formula is C13H16N2O4. The average molecular weight is 264 g/mol. The summed E-state index contributed by atoms with van der Waals surface area (Å²) < 4.78 is 6.36. The Labute approximate surface area is 109 Å². The van der Waals surface area contributed by atoms with E-state index in [9.17, 15) is 9.59 Å². The number of hydrogen-bond donors (Lipinski definition) is 1. The number of para-hydroxylation sites is 2. The van der Waals surface area contributed by atoms with Crippen LogP contribution in [-0.2, 0) is 11.3 Å². The predicted octanol–water partition coefficient (Wildman–Crippen LogP) is 0.435. The van der Waals surface area contributed by atoms with Gasteiger partial charge >= 0.3 is 5.76 Å². The van der Waals surface area contributed by atoms with Gasteiger partial charge in [0.1, 0.15) is 6.54 Å². The molecule has 0 saturated heterocycles. The highest BCUT2D eigenvalue weighted by molar-refractivity contribution is 5.79. The number of carbonyl (C=O) groups excluding carboxylic acids is 1. The second-order valence-electron chi connectivity index (χ2n) is 4.12. The Hall–Kier alpha value is -2.08. The first-order valence-electron chi connectivity index (χ1n) is 6.14. The van der Waals surface area contributed by atoms with Gasteiger partial charge in [-0.2, -0.15) is 0 Å². The van der Waals surface area contributed by atoms with E-state index in [0.29, 0.717) is 17.6 Å². The maximum Gasteiger partial charge on any atom is 0.420 e. The first-order valence-corrected chi connectivity index (χ1v) is 6.14. The van der Waals surface area contributed by atoms with Crippen molar-refractivity contribution in [1.82, 2.24) is 9.47 Å². The van der Waals surface area contributed by atoms with Crippen molar-refractivity contribution in [3.05, 3.63) is 34.8 Å². The topological polar surface area (TPSA) is 75.7 Å². The second-order valence-corrected chi connectivity index (χ2v) is 4.12. The predicted molar refractivity (Wildman–Crippen MR) is 69.8 cm³/mol. The highest BCUT2D eigenvalue weighted by Crippen LogP contribution is 2.11. The molecule has 2 aromatic rings. The molecule has 0 aliphatic carbocycles. The van der Waals surface area contributed by atoms with E-state index >= 15 is 0 Å². The van der Waals surface area contributed by atoms with E-state index in [2.05, 4.69) is 0 Å². The lowest BCUT2D eigenvalue weighted by atomic mass is 10.3. The minimum absolute atomic E-state index is 0.0797. The van der Waals surface area contributed by atoms with Gasteiger partial charge in [-0.3, -0.25) is 9.36 Å². The Morgan fingerprint density at radius 2 is 2.16 bits per heavy atom. The van der Waals surface area contributed by atoms with Crippen LogP contribution in [0, 0.1) is 0 Å². The van der Waals surface area contributed by atoms with Crippen LogP contribution in [0.5, 0.6) is 0 Å². The molecule has 1 heterocycles. The van der Waals surface area contributed by atoms with Crippen LogP contribution in [0.25, 0.3) is 11.1 Å². The molecule has 0 unspecified atom stereocenters. The van der Waals surface area contributed by atoms with Gasteiger partial charge in [-0.15, -0.1) is 0 Å². The van der Waals surface area contributed by atoms with Crippen LogP contribution in [0.15, 0.2) is 33.5 Å². The SMILES string of the molecule is CCN(CCO)C(=O)Cn1c(=O)oc2ccccc21. The van der Waals surface area contributed by atoms with Crippen molar-refractivity contribution in [3.63, 3.8) is 0 Å². The molecule has 2 rings (SSSR count). The van der Waals surface area contributed by atoms with Gasteiger partial charge in [0.25, 0.3) is 0 Å². The van der Waals surface area contributed by atoms with Crippen LogP contribution in [0.1, 0.15) is 6.92 Å². The molecule has 0 aliphatic rings. The summed E-state index contributed by atoms with van der Waals surface area (Å²) in [5.74, 6) is -0.764. The molecule has 1 aromatic carbocycles. The van der Waals surface area contributed by atoms with Gasteiger partial charge in [0.15, 0.2) is 5.58 Å². The van der Waals surface area contributed by atoms with Gasteiger partial charge < -0.3 is 14.4 Å². The van der Waals surface area contributed by atoms with Gasteiger partial charge in [-0.25, -0.2) is 4.79 Å². The zero-order valence-electron chi connectivity index (χ0n) is 10.7. The van der Waals surface area contributed by atoms with E-state index in [1.807, 2.05) is 6.92 Å². The van der Waals surface area contributed by atoms with E-state index in [4.69, 9.17) is 9.52 Å². The summed E-state index contributed by atoms with van der Waals surface area (Å²) in [7, 11) is 0. The fraction of sp³-hybridized carbons (Fsp3) is 0.385. The standard InChI is InChI=1S/C13H16N2O4/c1-2-14(7-8-16)12(17)9-15-10-5-3-4-6-11(10)19-13(15)18/h3-6,16H,2,7-9H2,1H3. The lowest BCUT2D eigenvalue weighted by Gasteiger charge is -2.19. The maximum absolute atomic E-state index is 12.0. The molecule has 0 radical (unpaired) electrons. The molecule has 1 aromatic heterocycles. The number of aliphatic hydroxyl groups excluding tert-OH is 1. The van der Waals surface area contributed by atoms with E-state index in [-0.39, 0.29) is 25.6 Å². The summed E-state index contributed by atoms with van der Waals surface area (Å²) in [5.41, 5.74) is 1.06. The Morgan fingerprint density at radius 3 is 2.84 bits per heavy atom. The summed E-state index contributed by atoms with van der Waals surface area (Å²) in [6.45, 7) is 2.40. The van der Waals surface area contributed by atoms with Gasteiger partial charge in [0.05, 0.1) is 12.1 Å². The van der Waals surface area contributed by atoms with E-state index in [1.54, 1.807) is 24.3 Å². The van der Waals surface area contributed by atoms with Crippen molar-refractivity contribution in [2.24, 2.45) is 0 Å². The Balaban J connectivity index is 2.28. The third kappa shape index (κ3) is 2.68. The van der Waals surface area contributed by atoms with Crippen LogP contribution in [0.4, 0.5) is 0 Å². The number of oxazole rings is 1. The molecule has 19 heavy (non-hydrogen) atoms. The van der Waals surface area contributed by atoms with Crippen LogP contribution >= 0.6 is 0 Å².